The van der Waals surface area contributed by atoms with Crippen molar-refractivity contribution in [3.8, 4) is 0 Å². The SMILES string of the molecule is CCN(CC)CCn1ccc2cc(NC(=O)c3cc(C(C)C)[nH]n3)ccc21. The maximum atomic E-state index is 12.4. The number of aromatic amines is 1. The van der Waals surface area contributed by atoms with Crippen molar-refractivity contribution in [1.82, 2.24) is 19.7 Å². The average Bonchev–Trinajstić information content (AvgIpc) is 3.30. The van der Waals surface area contributed by atoms with E-state index in [4.69, 9.17) is 0 Å². The van der Waals surface area contributed by atoms with Crippen LogP contribution in [0, 0.1) is 0 Å². The quantitative estimate of drug-likeness (QED) is 0.630. The highest BCUT2D eigenvalue weighted by molar-refractivity contribution is 6.03. The topological polar surface area (TPSA) is 65.9 Å². The Kier molecular flexibility index (Phi) is 5.96. The summed E-state index contributed by atoms with van der Waals surface area (Å²) in [5, 5.41) is 11.1. The van der Waals surface area contributed by atoms with Crippen molar-refractivity contribution in [3.05, 3.63) is 47.9 Å². The first-order valence-electron chi connectivity index (χ1n) is 9.69. The minimum absolute atomic E-state index is 0.196. The van der Waals surface area contributed by atoms with Crippen LogP contribution in [0.15, 0.2) is 36.5 Å². The lowest BCUT2D eigenvalue weighted by Crippen LogP contribution is -2.26. The molecule has 0 aliphatic rings. The van der Waals surface area contributed by atoms with Crippen LogP contribution in [0.25, 0.3) is 10.9 Å². The fourth-order valence-electron chi connectivity index (χ4n) is 3.21. The fourth-order valence-corrected chi connectivity index (χ4v) is 3.21. The molecule has 2 N–H and O–H groups in total. The van der Waals surface area contributed by atoms with Gasteiger partial charge in [-0.1, -0.05) is 27.7 Å². The summed E-state index contributed by atoms with van der Waals surface area (Å²) in [7, 11) is 0. The summed E-state index contributed by atoms with van der Waals surface area (Å²) in [4.78, 5) is 14.8. The van der Waals surface area contributed by atoms with Gasteiger partial charge in [0.15, 0.2) is 5.69 Å². The van der Waals surface area contributed by atoms with Crippen molar-refractivity contribution < 1.29 is 4.79 Å². The zero-order chi connectivity index (χ0) is 19.4. The van der Waals surface area contributed by atoms with Gasteiger partial charge in [0.05, 0.1) is 0 Å². The number of hydrogen-bond donors (Lipinski definition) is 2. The van der Waals surface area contributed by atoms with Crippen molar-refractivity contribution >= 4 is 22.5 Å². The van der Waals surface area contributed by atoms with Gasteiger partial charge in [0.1, 0.15) is 0 Å². The zero-order valence-corrected chi connectivity index (χ0v) is 16.6. The molecular weight excluding hydrogens is 338 g/mol. The second-order valence-corrected chi connectivity index (χ2v) is 7.13. The molecule has 3 aromatic rings. The van der Waals surface area contributed by atoms with Crippen LogP contribution in [0.4, 0.5) is 5.69 Å². The highest BCUT2D eigenvalue weighted by Crippen LogP contribution is 2.21. The molecule has 1 aromatic carbocycles. The van der Waals surface area contributed by atoms with Crippen LogP contribution in [0.3, 0.4) is 0 Å². The van der Waals surface area contributed by atoms with Gasteiger partial charge in [0, 0.05) is 41.6 Å². The van der Waals surface area contributed by atoms with E-state index in [1.165, 1.54) is 5.52 Å². The average molecular weight is 367 g/mol. The second-order valence-electron chi connectivity index (χ2n) is 7.13. The molecule has 0 saturated heterocycles. The number of nitrogens with one attached hydrogen (secondary N) is 2. The van der Waals surface area contributed by atoms with Gasteiger partial charge < -0.3 is 14.8 Å². The molecular formula is C21H29N5O. The van der Waals surface area contributed by atoms with Crippen LogP contribution in [0.1, 0.15) is 49.8 Å². The van der Waals surface area contributed by atoms with Gasteiger partial charge in [-0.15, -0.1) is 0 Å². The number of amides is 1. The summed E-state index contributed by atoms with van der Waals surface area (Å²) in [6, 6.07) is 9.93. The van der Waals surface area contributed by atoms with Crippen molar-refractivity contribution in [2.45, 2.75) is 40.2 Å². The van der Waals surface area contributed by atoms with E-state index in [-0.39, 0.29) is 5.91 Å². The third kappa shape index (κ3) is 4.39. The van der Waals surface area contributed by atoms with Gasteiger partial charge in [-0.3, -0.25) is 9.89 Å². The summed E-state index contributed by atoms with van der Waals surface area (Å²) in [5.74, 6) is 0.116. The first kappa shape index (κ1) is 19.2. The van der Waals surface area contributed by atoms with Crippen molar-refractivity contribution in [2.75, 3.05) is 25.0 Å². The van der Waals surface area contributed by atoms with Gasteiger partial charge >= 0.3 is 0 Å². The Balaban J connectivity index is 1.70. The summed E-state index contributed by atoms with van der Waals surface area (Å²) in [6.07, 6.45) is 2.11. The first-order chi connectivity index (χ1) is 13.0. The lowest BCUT2D eigenvalue weighted by molar-refractivity contribution is 0.102. The molecule has 2 aromatic heterocycles. The summed E-state index contributed by atoms with van der Waals surface area (Å²) in [5.41, 5.74) is 3.33. The van der Waals surface area contributed by atoms with Crippen LogP contribution < -0.4 is 5.32 Å². The number of carbonyl (C=O) groups is 1. The minimum atomic E-state index is -0.196. The minimum Gasteiger partial charge on any atom is -0.346 e. The van der Waals surface area contributed by atoms with E-state index in [0.29, 0.717) is 11.6 Å². The number of anilines is 1. The lowest BCUT2D eigenvalue weighted by Gasteiger charge is -2.18. The number of hydrogen-bond acceptors (Lipinski definition) is 3. The third-order valence-corrected chi connectivity index (χ3v) is 5.03. The highest BCUT2D eigenvalue weighted by Gasteiger charge is 2.13. The molecule has 0 radical (unpaired) electrons. The molecule has 3 rings (SSSR count). The van der Waals surface area contributed by atoms with Crippen molar-refractivity contribution in [2.24, 2.45) is 0 Å². The number of H-pyrrole nitrogens is 1. The molecule has 0 saturated carbocycles. The molecule has 27 heavy (non-hydrogen) atoms. The molecule has 0 aliphatic heterocycles. The molecule has 2 heterocycles. The normalized spacial score (nSPS) is 11.6. The Labute approximate surface area is 160 Å². The first-order valence-corrected chi connectivity index (χ1v) is 9.69. The molecule has 0 atom stereocenters. The van der Waals surface area contributed by atoms with Crippen LogP contribution >= 0.6 is 0 Å². The Morgan fingerprint density at radius 2 is 2.00 bits per heavy atom. The zero-order valence-electron chi connectivity index (χ0n) is 16.6. The van der Waals surface area contributed by atoms with Crippen LogP contribution in [-0.2, 0) is 6.54 Å². The van der Waals surface area contributed by atoms with Gasteiger partial charge in [0.2, 0.25) is 0 Å². The maximum Gasteiger partial charge on any atom is 0.276 e. The van der Waals surface area contributed by atoms with Crippen LogP contribution in [0.5, 0.6) is 0 Å². The number of nitrogens with zero attached hydrogens (tertiary/aromatic N) is 3. The number of rotatable bonds is 8. The van der Waals surface area contributed by atoms with E-state index in [1.807, 2.05) is 18.2 Å². The van der Waals surface area contributed by atoms with E-state index in [9.17, 15) is 4.79 Å². The summed E-state index contributed by atoms with van der Waals surface area (Å²) in [6.45, 7) is 12.6. The van der Waals surface area contributed by atoms with Crippen molar-refractivity contribution in [1.29, 1.82) is 0 Å². The van der Waals surface area contributed by atoms with Gasteiger partial charge in [-0.25, -0.2) is 0 Å². The molecule has 0 spiro atoms. The monoisotopic (exact) mass is 367 g/mol. The van der Waals surface area contributed by atoms with E-state index < -0.39 is 0 Å². The molecule has 6 heteroatoms. The molecule has 144 valence electrons. The number of aromatic nitrogens is 3. The smallest absolute Gasteiger partial charge is 0.276 e. The number of benzene rings is 1. The van der Waals surface area contributed by atoms with E-state index in [2.05, 4.69) is 71.0 Å². The van der Waals surface area contributed by atoms with Crippen molar-refractivity contribution in [3.63, 3.8) is 0 Å². The molecule has 1 amide bonds. The van der Waals surface area contributed by atoms with E-state index >= 15 is 0 Å². The predicted octanol–water partition coefficient (Wildman–Crippen LogP) is 4.08. The number of likely N-dealkylation sites (N-methyl/N-ethyl adjacent to an activating group) is 1. The Morgan fingerprint density at radius 3 is 2.67 bits per heavy atom. The molecule has 0 aliphatic carbocycles. The predicted molar refractivity (Wildman–Crippen MR) is 110 cm³/mol. The Morgan fingerprint density at radius 1 is 1.22 bits per heavy atom. The maximum absolute atomic E-state index is 12.4. The highest BCUT2D eigenvalue weighted by atomic mass is 16.1. The number of fused-ring (bicyclic) bond motifs is 1. The molecule has 0 fully saturated rings. The van der Waals surface area contributed by atoms with Gasteiger partial charge in [0.25, 0.3) is 5.91 Å². The van der Waals surface area contributed by atoms with Gasteiger partial charge in [-0.2, -0.15) is 5.10 Å². The van der Waals surface area contributed by atoms with E-state index in [1.54, 1.807) is 0 Å². The fraction of sp³-hybridized carbons (Fsp3) is 0.429. The molecule has 0 unspecified atom stereocenters. The Bertz CT molecular complexity index is 904. The lowest BCUT2D eigenvalue weighted by atomic mass is 10.1. The molecule has 6 nitrogen and oxygen atoms in total. The Hall–Kier alpha value is -2.60. The summed E-state index contributed by atoms with van der Waals surface area (Å²) >= 11 is 0. The van der Waals surface area contributed by atoms with Crippen LogP contribution in [0.2, 0.25) is 0 Å². The molecule has 0 bridgehead atoms. The largest absolute Gasteiger partial charge is 0.346 e. The summed E-state index contributed by atoms with van der Waals surface area (Å²) < 4.78 is 2.27. The number of carbonyl (C=O) groups excluding carboxylic acids is 1. The third-order valence-electron chi connectivity index (χ3n) is 5.03. The van der Waals surface area contributed by atoms with E-state index in [0.717, 1.165) is 42.9 Å². The van der Waals surface area contributed by atoms with Gasteiger partial charge in [-0.05, 0) is 49.3 Å². The van der Waals surface area contributed by atoms with Crippen LogP contribution in [-0.4, -0.2) is 45.2 Å². The second kappa shape index (κ2) is 8.39. The standard InChI is InChI=1S/C21H29N5O/c1-5-25(6-2)11-12-26-10-9-16-13-17(7-8-20(16)26)22-21(27)19-14-18(15(3)4)23-24-19/h7-10,13-15H,5-6,11-12H2,1-4H3,(H,22,27)(H,23,24).